The first-order chi connectivity index (χ1) is 14.6. The second kappa shape index (κ2) is 7.06. The van der Waals surface area contributed by atoms with Crippen LogP contribution in [0.3, 0.4) is 0 Å². The Hall–Kier alpha value is -3.54. The van der Waals surface area contributed by atoms with Gasteiger partial charge in [0, 0.05) is 33.9 Å². The number of aromatic amines is 1. The van der Waals surface area contributed by atoms with Crippen LogP contribution in [-0.2, 0) is 14.3 Å². The fourth-order valence-corrected chi connectivity index (χ4v) is 4.70. The lowest BCUT2D eigenvalue weighted by molar-refractivity contribution is -0.151. The van der Waals surface area contributed by atoms with Gasteiger partial charge in [0.1, 0.15) is 5.92 Å². The largest absolute Gasteiger partial charge is 0.468 e. The summed E-state index contributed by atoms with van der Waals surface area (Å²) < 4.78 is 4.97. The minimum absolute atomic E-state index is 0.148. The number of H-pyrrole nitrogens is 1. The monoisotopic (exact) mass is 401 g/mol. The lowest BCUT2D eigenvalue weighted by Crippen LogP contribution is -2.39. The maximum atomic E-state index is 13.7. The van der Waals surface area contributed by atoms with Crippen LogP contribution < -0.4 is 10.6 Å². The third-order valence-electron chi connectivity index (χ3n) is 6.16. The first kappa shape index (κ1) is 18.5. The normalized spacial score (nSPS) is 23.1. The number of para-hydroxylation sites is 3. The topological polar surface area (TPSA) is 83.2 Å². The van der Waals surface area contributed by atoms with E-state index in [1.54, 1.807) is 0 Å². The van der Waals surface area contributed by atoms with Gasteiger partial charge in [-0.15, -0.1) is 0 Å². The molecule has 2 aromatic carbocycles. The van der Waals surface area contributed by atoms with E-state index in [1.807, 2.05) is 61.7 Å². The van der Waals surface area contributed by atoms with Crippen molar-refractivity contribution in [3.8, 4) is 0 Å². The molecule has 0 saturated carbocycles. The molecule has 0 saturated heterocycles. The number of allylic oxidation sites excluding steroid dienone is 1. The van der Waals surface area contributed by atoms with Crippen molar-refractivity contribution >= 4 is 34.0 Å². The van der Waals surface area contributed by atoms with Crippen LogP contribution in [0.5, 0.6) is 0 Å². The van der Waals surface area contributed by atoms with E-state index < -0.39 is 11.9 Å². The van der Waals surface area contributed by atoms with Gasteiger partial charge >= 0.3 is 5.97 Å². The molecule has 3 atom stereocenters. The molecule has 0 radical (unpaired) electrons. The van der Waals surface area contributed by atoms with Crippen molar-refractivity contribution in [1.82, 2.24) is 4.98 Å². The van der Waals surface area contributed by atoms with Crippen LogP contribution in [0.25, 0.3) is 10.9 Å². The number of fused-ring (bicyclic) bond motifs is 2. The van der Waals surface area contributed by atoms with Crippen LogP contribution in [0, 0.1) is 11.8 Å². The number of Topliss-reactive ketones (excluding diaryl/α,β-unsaturated/α-hetero) is 1. The van der Waals surface area contributed by atoms with Crippen molar-refractivity contribution in [2.24, 2.45) is 11.8 Å². The fourth-order valence-electron chi connectivity index (χ4n) is 4.70. The molecule has 0 amide bonds. The van der Waals surface area contributed by atoms with Gasteiger partial charge in [-0.1, -0.05) is 37.3 Å². The number of ether oxygens (including phenoxy) is 1. The molecule has 1 aliphatic carbocycles. The number of rotatable bonds is 2. The molecule has 2 aliphatic rings. The smallest absolute Gasteiger partial charge is 0.316 e. The molecular formula is C24H23N3O3. The number of carbonyl (C=O) groups excluding carboxylic acids is 2. The highest BCUT2D eigenvalue weighted by molar-refractivity contribution is 6.11. The highest BCUT2D eigenvalue weighted by Gasteiger charge is 2.44. The number of hydrogen-bond donors (Lipinski definition) is 3. The van der Waals surface area contributed by atoms with Crippen molar-refractivity contribution in [2.75, 3.05) is 17.7 Å². The Bertz CT molecular complexity index is 1190. The lowest BCUT2D eigenvalue weighted by atomic mass is 9.75. The SMILES string of the molecule is COC(=O)[C@H]1C(=O)C2=C(C[C@@H]1C)Nc1ccccc1N[C@@H]2c1c[nH]c2ccccc12. The van der Waals surface area contributed by atoms with Gasteiger partial charge in [0.05, 0.1) is 24.5 Å². The molecule has 1 aliphatic heterocycles. The quantitative estimate of drug-likeness (QED) is 0.438. The standard InChI is InChI=1S/C24H23N3O3/c1-13-11-19-21(23(28)20(13)24(29)30-2)22(27-18-10-6-5-9-17(18)26-19)15-12-25-16-8-4-3-7-14(15)16/h3-10,12-13,20,22,25-27H,11H2,1-2H3/t13-,20+,22+/m0/s1. The summed E-state index contributed by atoms with van der Waals surface area (Å²) >= 11 is 0. The van der Waals surface area contributed by atoms with Crippen LogP contribution in [0.2, 0.25) is 0 Å². The number of ketones is 1. The molecule has 30 heavy (non-hydrogen) atoms. The molecule has 0 spiro atoms. The Kier molecular flexibility index (Phi) is 4.35. The van der Waals surface area contributed by atoms with Crippen molar-refractivity contribution in [2.45, 2.75) is 19.4 Å². The molecule has 0 bridgehead atoms. The van der Waals surface area contributed by atoms with E-state index >= 15 is 0 Å². The number of nitrogens with one attached hydrogen (secondary N) is 3. The van der Waals surface area contributed by atoms with Gasteiger partial charge in [0.15, 0.2) is 5.78 Å². The van der Waals surface area contributed by atoms with E-state index in [9.17, 15) is 9.59 Å². The van der Waals surface area contributed by atoms with Crippen LogP contribution in [0.15, 0.2) is 66.0 Å². The van der Waals surface area contributed by atoms with E-state index in [0.29, 0.717) is 12.0 Å². The van der Waals surface area contributed by atoms with E-state index in [4.69, 9.17) is 4.74 Å². The first-order valence-corrected chi connectivity index (χ1v) is 10.1. The lowest BCUT2D eigenvalue weighted by Gasteiger charge is -2.32. The number of methoxy groups -OCH3 is 1. The summed E-state index contributed by atoms with van der Waals surface area (Å²) in [5.74, 6) is -1.60. The minimum atomic E-state index is -0.800. The number of esters is 1. The molecule has 3 aromatic rings. The van der Waals surface area contributed by atoms with Crippen LogP contribution in [0.1, 0.15) is 24.9 Å². The zero-order chi connectivity index (χ0) is 20.8. The van der Waals surface area contributed by atoms with E-state index in [2.05, 4.69) is 15.6 Å². The summed E-state index contributed by atoms with van der Waals surface area (Å²) in [5, 5.41) is 8.08. The van der Waals surface area contributed by atoms with Gasteiger partial charge in [-0.05, 0) is 30.5 Å². The van der Waals surface area contributed by atoms with Gasteiger partial charge in [-0.3, -0.25) is 9.59 Å². The van der Waals surface area contributed by atoms with Gasteiger partial charge in [0.2, 0.25) is 0 Å². The summed E-state index contributed by atoms with van der Waals surface area (Å²) in [6.07, 6.45) is 2.54. The average Bonchev–Trinajstić information content (AvgIpc) is 3.10. The average molecular weight is 401 g/mol. The zero-order valence-electron chi connectivity index (χ0n) is 16.9. The Morgan fingerprint density at radius 3 is 2.60 bits per heavy atom. The summed E-state index contributed by atoms with van der Waals surface area (Å²) in [7, 11) is 1.34. The van der Waals surface area contributed by atoms with Gasteiger partial charge < -0.3 is 20.4 Å². The molecule has 0 unspecified atom stereocenters. The predicted octanol–water partition coefficient (Wildman–Crippen LogP) is 4.40. The molecule has 152 valence electrons. The summed E-state index contributed by atoms with van der Waals surface area (Å²) in [4.78, 5) is 29.4. The Morgan fingerprint density at radius 2 is 1.80 bits per heavy atom. The number of aromatic nitrogens is 1. The van der Waals surface area contributed by atoms with Crippen LogP contribution in [0.4, 0.5) is 11.4 Å². The molecule has 6 heteroatoms. The third kappa shape index (κ3) is 2.79. The Balaban J connectivity index is 1.71. The van der Waals surface area contributed by atoms with Crippen molar-refractivity contribution in [1.29, 1.82) is 0 Å². The Morgan fingerprint density at radius 1 is 1.07 bits per heavy atom. The second-order valence-corrected chi connectivity index (χ2v) is 7.98. The minimum Gasteiger partial charge on any atom is -0.468 e. The molecule has 2 heterocycles. The van der Waals surface area contributed by atoms with E-state index in [-0.39, 0.29) is 17.7 Å². The summed E-state index contributed by atoms with van der Waals surface area (Å²) in [5.41, 5.74) is 5.28. The third-order valence-corrected chi connectivity index (χ3v) is 6.16. The van der Waals surface area contributed by atoms with Gasteiger partial charge in [-0.25, -0.2) is 0 Å². The molecule has 0 fully saturated rings. The molecule has 5 rings (SSSR count). The Labute approximate surface area is 174 Å². The second-order valence-electron chi connectivity index (χ2n) is 7.98. The predicted molar refractivity (Wildman–Crippen MR) is 116 cm³/mol. The number of anilines is 2. The van der Waals surface area contributed by atoms with Crippen molar-refractivity contribution < 1.29 is 14.3 Å². The summed E-state index contributed by atoms with van der Waals surface area (Å²) in [6.45, 7) is 1.93. The maximum absolute atomic E-state index is 13.7. The highest BCUT2D eigenvalue weighted by Crippen LogP contribution is 2.44. The van der Waals surface area contributed by atoms with Gasteiger partial charge in [0.25, 0.3) is 0 Å². The summed E-state index contributed by atoms with van der Waals surface area (Å²) in [6, 6.07) is 15.5. The van der Waals surface area contributed by atoms with Crippen molar-refractivity contribution in [3.63, 3.8) is 0 Å². The van der Waals surface area contributed by atoms with Crippen LogP contribution >= 0.6 is 0 Å². The van der Waals surface area contributed by atoms with Crippen molar-refractivity contribution in [3.05, 3.63) is 71.6 Å². The fraction of sp³-hybridized carbons (Fsp3) is 0.250. The molecule has 1 aromatic heterocycles. The number of benzene rings is 2. The number of hydrogen-bond acceptors (Lipinski definition) is 5. The molecule has 6 nitrogen and oxygen atoms in total. The number of carbonyl (C=O) groups is 2. The van der Waals surface area contributed by atoms with E-state index in [1.165, 1.54) is 7.11 Å². The van der Waals surface area contributed by atoms with Crippen LogP contribution in [-0.4, -0.2) is 23.8 Å². The first-order valence-electron chi connectivity index (χ1n) is 10.1. The highest BCUT2D eigenvalue weighted by atomic mass is 16.5. The molecular weight excluding hydrogens is 378 g/mol. The maximum Gasteiger partial charge on any atom is 0.316 e. The molecule has 3 N–H and O–H groups in total. The zero-order valence-corrected chi connectivity index (χ0v) is 16.9. The van der Waals surface area contributed by atoms with Gasteiger partial charge in [-0.2, -0.15) is 0 Å². The van der Waals surface area contributed by atoms with E-state index in [0.717, 1.165) is 33.5 Å².